The van der Waals surface area contributed by atoms with E-state index in [0.717, 1.165) is 19.3 Å². The Morgan fingerprint density at radius 2 is 2.14 bits per heavy atom. The standard InChI is InChI=1S/C9H16F3NO/c1-2-7-4-3-5-13(7)6-8(14)9(10,11)12/h7-8,14H,2-6H2,1H3. The number of aliphatic hydroxyl groups is 1. The molecule has 1 saturated heterocycles. The third kappa shape index (κ3) is 2.85. The summed E-state index contributed by atoms with van der Waals surface area (Å²) in [6, 6.07) is 0.215. The Labute approximate surface area is 81.7 Å². The molecular weight excluding hydrogens is 195 g/mol. The molecule has 1 N–H and O–H groups in total. The van der Waals surface area contributed by atoms with E-state index in [1.165, 1.54) is 0 Å². The number of alkyl halides is 3. The maximum absolute atomic E-state index is 12.1. The summed E-state index contributed by atoms with van der Waals surface area (Å²) in [4.78, 5) is 1.73. The minimum absolute atomic E-state index is 0.215. The van der Waals surface area contributed by atoms with Gasteiger partial charge in [-0.05, 0) is 25.8 Å². The van der Waals surface area contributed by atoms with Crippen LogP contribution in [0.5, 0.6) is 0 Å². The molecule has 2 nitrogen and oxygen atoms in total. The van der Waals surface area contributed by atoms with E-state index in [-0.39, 0.29) is 12.6 Å². The highest BCUT2D eigenvalue weighted by atomic mass is 19.4. The number of aliphatic hydroxyl groups excluding tert-OH is 1. The summed E-state index contributed by atoms with van der Waals surface area (Å²) in [7, 11) is 0. The van der Waals surface area contributed by atoms with E-state index in [9.17, 15) is 13.2 Å². The molecule has 0 saturated carbocycles. The second-order valence-electron chi connectivity index (χ2n) is 3.76. The van der Waals surface area contributed by atoms with Crippen LogP contribution in [-0.4, -0.2) is 41.4 Å². The van der Waals surface area contributed by atoms with E-state index in [4.69, 9.17) is 5.11 Å². The highest BCUT2D eigenvalue weighted by Crippen LogP contribution is 2.25. The molecule has 0 amide bonds. The van der Waals surface area contributed by atoms with E-state index < -0.39 is 12.3 Å². The van der Waals surface area contributed by atoms with Gasteiger partial charge in [0.2, 0.25) is 0 Å². The van der Waals surface area contributed by atoms with Crippen LogP contribution in [-0.2, 0) is 0 Å². The first kappa shape index (κ1) is 11.8. The van der Waals surface area contributed by atoms with Crippen LogP contribution in [0.3, 0.4) is 0 Å². The number of halogens is 3. The molecule has 1 fully saturated rings. The molecule has 1 aliphatic rings. The lowest BCUT2D eigenvalue weighted by Crippen LogP contribution is -2.42. The first-order chi connectivity index (χ1) is 6.45. The topological polar surface area (TPSA) is 23.5 Å². The summed E-state index contributed by atoms with van der Waals surface area (Å²) in [5.74, 6) is 0. The van der Waals surface area contributed by atoms with Crippen LogP contribution in [0.4, 0.5) is 13.2 Å². The monoisotopic (exact) mass is 211 g/mol. The Morgan fingerprint density at radius 3 is 2.64 bits per heavy atom. The van der Waals surface area contributed by atoms with Crippen LogP contribution in [0.25, 0.3) is 0 Å². The number of rotatable bonds is 3. The van der Waals surface area contributed by atoms with Crippen molar-refractivity contribution < 1.29 is 18.3 Å². The molecule has 0 spiro atoms. The van der Waals surface area contributed by atoms with Gasteiger partial charge in [0.05, 0.1) is 0 Å². The van der Waals surface area contributed by atoms with Gasteiger partial charge in [-0.15, -0.1) is 0 Å². The van der Waals surface area contributed by atoms with E-state index in [0.29, 0.717) is 6.54 Å². The van der Waals surface area contributed by atoms with Gasteiger partial charge in [-0.25, -0.2) is 0 Å². The fourth-order valence-electron chi connectivity index (χ4n) is 1.92. The number of likely N-dealkylation sites (tertiary alicyclic amines) is 1. The molecule has 0 bridgehead atoms. The molecule has 1 aliphatic heterocycles. The molecule has 2 atom stereocenters. The second-order valence-corrected chi connectivity index (χ2v) is 3.76. The second kappa shape index (κ2) is 4.49. The predicted octanol–water partition coefficient (Wildman–Crippen LogP) is 1.78. The lowest BCUT2D eigenvalue weighted by atomic mass is 10.1. The Kier molecular flexibility index (Phi) is 3.78. The summed E-state index contributed by atoms with van der Waals surface area (Å²) in [6.45, 7) is 2.36. The average molecular weight is 211 g/mol. The summed E-state index contributed by atoms with van der Waals surface area (Å²) >= 11 is 0. The quantitative estimate of drug-likeness (QED) is 0.769. The molecule has 84 valence electrons. The predicted molar refractivity (Wildman–Crippen MR) is 46.9 cm³/mol. The summed E-state index contributed by atoms with van der Waals surface area (Å²) in [6.07, 6.45) is -3.95. The number of hydrogen-bond donors (Lipinski definition) is 1. The van der Waals surface area contributed by atoms with Crippen molar-refractivity contribution in [2.45, 2.75) is 44.5 Å². The van der Waals surface area contributed by atoms with E-state index in [2.05, 4.69) is 0 Å². The molecule has 0 aromatic rings. The molecule has 0 radical (unpaired) electrons. The highest BCUT2D eigenvalue weighted by molar-refractivity contribution is 4.81. The Hall–Kier alpha value is -0.290. The number of β-amino-alcohol motifs (C(OH)–C–C–N with tert-alkyl or cyclic N) is 1. The van der Waals surface area contributed by atoms with Crippen molar-refractivity contribution in [2.75, 3.05) is 13.1 Å². The zero-order valence-electron chi connectivity index (χ0n) is 8.22. The van der Waals surface area contributed by atoms with Crippen LogP contribution in [0.2, 0.25) is 0 Å². The summed E-state index contributed by atoms with van der Waals surface area (Å²) in [5, 5.41) is 8.89. The normalized spacial score (nSPS) is 26.8. The van der Waals surface area contributed by atoms with Gasteiger partial charge in [-0.2, -0.15) is 13.2 Å². The zero-order chi connectivity index (χ0) is 10.8. The van der Waals surface area contributed by atoms with Gasteiger partial charge in [0.15, 0.2) is 6.10 Å². The Balaban J connectivity index is 2.43. The average Bonchev–Trinajstić information content (AvgIpc) is 2.50. The van der Waals surface area contributed by atoms with Gasteiger partial charge in [0.1, 0.15) is 0 Å². The Morgan fingerprint density at radius 1 is 1.50 bits per heavy atom. The number of hydrogen-bond acceptors (Lipinski definition) is 2. The molecule has 14 heavy (non-hydrogen) atoms. The third-order valence-electron chi connectivity index (χ3n) is 2.76. The van der Waals surface area contributed by atoms with E-state index in [1.807, 2.05) is 6.92 Å². The third-order valence-corrected chi connectivity index (χ3v) is 2.76. The van der Waals surface area contributed by atoms with Crippen LogP contribution in [0.1, 0.15) is 26.2 Å². The minimum atomic E-state index is -4.49. The van der Waals surface area contributed by atoms with Gasteiger partial charge >= 0.3 is 6.18 Å². The van der Waals surface area contributed by atoms with E-state index >= 15 is 0 Å². The molecule has 0 aromatic heterocycles. The number of nitrogens with zero attached hydrogens (tertiary/aromatic N) is 1. The molecule has 0 aliphatic carbocycles. The zero-order valence-corrected chi connectivity index (χ0v) is 8.22. The molecule has 0 aromatic carbocycles. The first-order valence-electron chi connectivity index (χ1n) is 4.94. The van der Waals surface area contributed by atoms with Crippen molar-refractivity contribution in [3.8, 4) is 0 Å². The minimum Gasteiger partial charge on any atom is -0.382 e. The van der Waals surface area contributed by atoms with Crippen LogP contribution in [0.15, 0.2) is 0 Å². The fourth-order valence-corrected chi connectivity index (χ4v) is 1.92. The van der Waals surface area contributed by atoms with Crippen LogP contribution in [0, 0.1) is 0 Å². The smallest absolute Gasteiger partial charge is 0.382 e. The van der Waals surface area contributed by atoms with Crippen LogP contribution < -0.4 is 0 Å². The van der Waals surface area contributed by atoms with Crippen molar-refractivity contribution in [1.29, 1.82) is 0 Å². The van der Waals surface area contributed by atoms with Crippen molar-refractivity contribution >= 4 is 0 Å². The van der Waals surface area contributed by atoms with Gasteiger partial charge in [0.25, 0.3) is 0 Å². The lowest BCUT2D eigenvalue weighted by Gasteiger charge is -2.26. The SMILES string of the molecule is CCC1CCCN1CC(O)C(F)(F)F. The summed E-state index contributed by atoms with van der Waals surface area (Å²) in [5.41, 5.74) is 0. The van der Waals surface area contributed by atoms with Crippen molar-refractivity contribution in [3.05, 3.63) is 0 Å². The van der Waals surface area contributed by atoms with Gasteiger partial charge < -0.3 is 5.11 Å². The Bertz CT molecular complexity index is 183. The van der Waals surface area contributed by atoms with Gasteiger partial charge in [0, 0.05) is 12.6 Å². The molecule has 1 rings (SSSR count). The molecule has 1 heterocycles. The summed E-state index contributed by atoms with van der Waals surface area (Å²) < 4.78 is 36.2. The van der Waals surface area contributed by atoms with Gasteiger partial charge in [-0.1, -0.05) is 6.92 Å². The largest absolute Gasteiger partial charge is 0.415 e. The van der Waals surface area contributed by atoms with Crippen molar-refractivity contribution in [2.24, 2.45) is 0 Å². The highest BCUT2D eigenvalue weighted by Gasteiger charge is 2.40. The van der Waals surface area contributed by atoms with Crippen molar-refractivity contribution in [1.82, 2.24) is 4.90 Å². The van der Waals surface area contributed by atoms with Gasteiger partial charge in [-0.3, -0.25) is 4.90 Å². The lowest BCUT2D eigenvalue weighted by molar-refractivity contribution is -0.208. The maximum Gasteiger partial charge on any atom is 0.415 e. The fraction of sp³-hybridized carbons (Fsp3) is 1.00. The molecular formula is C9H16F3NO. The molecule has 5 heteroatoms. The molecule has 2 unspecified atom stereocenters. The maximum atomic E-state index is 12.1. The first-order valence-corrected chi connectivity index (χ1v) is 4.94. The van der Waals surface area contributed by atoms with Crippen molar-refractivity contribution in [3.63, 3.8) is 0 Å². The van der Waals surface area contributed by atoms with Crippen LogP contribution >= 0.6 is 0 Å². The van der Waals surface area contributed by atoms with E-state index in [1.54, 1.807) is 4.90 Å².